The van der Waals surface area contributed by atoms with Crippen LogP contribution in [0.5, 0.6) is 0 Å². The van der Waals surface area contributed by atoms with Crippen molar-refractivity contribution in [2.24, 2.45) is 0 Å². The molecular formula is C13H16N4. The van der Waals surface area contributed by atoms with E-state index in [4.69, 9.17) is 0 Å². The minimum atomic E-state index is 0.471. The quantitative estimate of drug-likeness (QED) is 0.823. The van der Waals surface area contributed by atoms with Crippen molar-refractivity contribution in [1.82, 2.24) is 15.3 Å². The lowest BCUT2D eigenvalue weighted by atomic mass is 10.1. The van der Waals surface area contributed by atoms with Gasteiger partial charge in [-0.1, -0.05) is 12.1 Å². The van der Waals surface area contributed by atoms with Gasteiger partial charge in [-0.15, -0.1) is 0 Å². The van der Waals surface area contributed by atoms with Gasteiger partial charge in [0.05, 0.1) is 17.2 Å². The average Bonchev–Trinajstić information content (AvgIpc) is 2.40. The Balaban J connectivity index is 1.80. The van der Waals surface area contributed by atoms with Crippen LogP contribution in [0.1, 0.15) is 12.8 Å². The molecule has 0 spiro atoms. The third-order valence-corrected chi connectivity index (χ3v) is 3.10. The first-order chi connectivity index (χ1) is 8.42. The number of nitrogens with one attached hydrogen (secondary N) is 2. The maximum atomic E-state index is 4.57. The van der Waals surface area contributed by atoms with E-state index in [1.54, 1.807) is 0 Å². The van der Waals surface area contributed by atoms with Crippen molar-refractivity contribution in [3.05, 3.63) is 30.5 Å². The molecule has 17 heavy (non-hydrogen) atoms. The molecule has 1 aliphatic heterocycles. The molecule has 1 aromatic heterocycles. The molecule has 1 fully saturated rings. The van der Waals surface area contributed by atoms with E-state index in [1.165, 1.54) is 12.8 Å². The number of hydrogen-bond donors (Lipinski definition) is 2. The van der Waals surface area contributed by atoms with Crippen LogP contribution in [0.4, 0.5) is 5.82 Å². The third-order valence-electron chi connectivity index (χ3n) is 3.10. The summed E-state index contributed by atoms with van der Waals surface area (Å²) < 4.78 is 0. The fourth-order valence-electron chi connectivity index (χ4n) is 2.21. The number of fused-ring (bicyclic) bond motifs is 1. The molecule has 0 bridgehead atoms. The zero-order valence-corrected chi connectivity index (χ0v) is 9.69. The summed E-state index contributed by atoms with van der Waals surface area (Å²) in [4.78, 5) is 8.97. The molecule has 4 nitrogen and oxygen atoms in total. The van der Waals surface area contributed by atoms with Gasteiger partial charge in [-0.2, -0.15) is 0 Å². The van der Waals surface area contributed by atoms with Gasteiger partial charge in [0.1, 0.15) is 5.82 Å². The van der Waals surface area contributed by atoms with E-state index in [0.717, 1.165) is 29.9 Å². The first kappa shape index (κ1) is 10.5. The summed E-state index contributed by atoms with van der Waals surface area (Å²) in [6, 6.07) is 8.41. The predicted octanol–water partition coefficient (Wildman–Crippen LogP) is 1.79. The molecule has 1 saturated heterocycles. The van der Waals surface area contributed by atoms with Crippen LogP contribution in [0.25, 0.3) is 11.0 Å². The van der Waals surface area contributed by atoms with Crippen molar-refractivity contribution in [1.29, 1.82) is 0 Å². The highest BCUT2D eigenvalue weighted by atomic mass is 15.1. The Kier molecular flexibility index (Phi) is 2.88. The van der Waals surface area contributed by atoms with E-state index in [0.29, 0.717) is 6.04 Å². The molecule has 4 heteroatoms. The van der Waals surface area contributed by atoms with Gasteiger partial charge in [0.25, 0.3) is 0 Å². The van der Waals surface area contributed by atoms with E-state index in [1.807, 2.05) is 30.5 Å². The fraction of sp³-hybridized carbons (Fsp3) is 0.385. The number of piperidine rings is 1. The van der Waals surface area contributed by atoms with Crippen LogP contribution < -0.4 is 10.6 Å². The van der Waals surface area contributed by atoms with Gasteiger partial charge in [-0.25, -0.2) is 4.98 Å². The first-order valence-electron chi connectivity index (χ1n) is 6.11. The van der Waals surface area contributed by atoms with E-state index in [9.17, 15) is 0 Å². The zero-order chi connectivity index (χ0) is 11.5. The number of nitrogens with zero attached hydrogens (tertiary/aromatic N) is 2. The second-order valence-corrected chi connectivity index (χ2v) is 4.43. The maximum Gasteiger partial charge on any atom is 0.145 e. The number of aromatic nitrogens is 2. The summed E-state index contributed by atoms with van der Waals surface area (Å²) in [5, 5.41) is 6.82. The number of anilines is 1. The highest BCUT2D eigenvalue weighted by Gasteiger charge is 2.13. The van der Waals surface area contributed by atoms with Crippen molar-refractivity contribution in [2.45, 2.75) is 18.9 Å². The van der Waals surface area contributed by atoms with Gasteiger partial charge in [0, 0.05) is 12.6 Å². The summed E-state index contributed by atoms with van der Waals surface area (Å²) >= 11 is 0. The van der Waals surface area contributed by atoms with Gasteiger partial charge >= 0.3 is 0 Å². The molecule has 1 aromatic carbocycles. The Morgan fingerprint density at radius 1 is 1.24 bits per heavy atom. The second kappa shape index (κ2) is 4.67. The molecule has 88 valence electrons. The standard InChI is InChI=1S/C13H16N4/c1-2-6-12-11(5-1)15-9-13(17-12)16-10-4-3-7-14-8-10/h1-2,5-6,9-10,14H,3-4,7-8H2,(H,16,17)/t10-/m0/s1. The predicted molar refractivity (Wildman–Crippen MR) is 69.1 cm³/mol. The van der Waals surface area contributed by atoms with E-state index in [2.05, 4.69) is 20.6 Å². The van der Waals surface area contributed by atoms with E-state index < -0.39 is 0 Å². The van der Waals surface area contributed by atoms with E-state index in [-0.39, 0.29) is 0 Å². The molecule has 1 aliphatic rings. The molecule has 0 saturated carbocycles. The monoisotopic (exact) mass is 228 g/mol. The molecule has 1 atom stereocenters. The van der Waals surface area contributed by atoms with Crippen molar-refractivity contribution in [3.63, 3.8) is 0 Å². The topological polar surface area (TPSA) is 49.8 Å². The Bertz CT molecular complexity index is 506. The minimum Gasteiger partial charge on any atom is -0.365 e. The van der Waals surface area contributed by atoms with Crippen LogP contribution in [0.3, 0.4) is 0 Å². The molecule has 2 aromatic rings. The Labute approximate surface area is 100 Å². The van der Waals surface area contributed by atoms with Gasteiger partial charge in [0.2, 0.25) is 0 Å². The van der Waals surface area contributed by atoms with Gasteiger partial charge in [-0.05, 0) is 31.5 Å². The van der Waals surface area contributed by atoms with Gasteiger partial charge in [-0.3, -0.25) is 4.98 Å². The van der Waals surface area contributed by atoms with Crippen molar-refractivity contribution in [2.75, 3.05) is 18.4 Å². The summed E-state index contributed by atoms with van der Waals surface area (Å²) in [5.74, 6) is 0.873. The van der Waals surface area contributed by atoms with Crippen molar-refractivity contribution in [3.8, 4) is 0 Å². The molecular weight excluding hydrogens is 212 g/mol. The molecule has 0 aliphatic carbocycles. The smallest absolute Gasteiger partial charge is 0.145 e. The first-order valence-corrected chi connectivity index (χ1v) is 6.11. The molecule has 2 N–H and O–H groups in total. The summed E-state index contributed by atoms with van der Waals surface area (Å²) in [6.45, 7) is 2.14. The fourth-order valence-corrected chi connectivity index (χ4v) is 2.21. The summed E-state index contributed by atoms with van der Waals surface area (Å²) in [6.07, 6.45) is 4.23. The Morgan fingerprint density at radius 2 is 2.12 bits per heavy atom. The number of para-hydroxylation sites is 2. The summed E-state index contributed by atoms with van der Waals surface area (Å²) in [5.41, 5.74) is 1.89. The third kappa shape index (κ3) is 2.36. The Hall–Kier alpha value is -1.68. The molecule has 2 heterocycles. The average molecular weight is 228 g/mol. The maximum absolute atomic E-state index is 4.57. The SMILES string of the molecule is c1ccc2nc(N[C@H]3CCCNC3)cnc2c1. The highest BCUT2D eigenvalue weighted by Crippen LogP contribution is 2.13. The van der Waals surface area contributed by atoms with Gasteiger partial charge in [0.15, 0.2) is 0 Å². The number of rotatable bonds is 2. The highest BCUT2D eigenvalue weighted by molar-refractivity contribution is 5.75. The molecule has 0 radical (unpaired) electrons. The lowest BCUT2D eigenvalue weighted by molar-refractivity contribution is 0.479. The lowest BCUT2D eigenvalue weighted by Crippen LogP contribution is -2.38. The van der Waals surface area contributed by atoms with Gasteiger partial charge < -0.3 is 10.6 Å². The van der Waals surface area contributed by atoms with Crippen molar-refractivity contribution >= 4 is 16.9 Å². The zero-order valence-electron chi connectivity index (χ0n) is 9.69. The molecule has 0 unspecified atom stereocenters. The molecule has 3 rings (SSSR count). The molecule has 0 amide bonds. The number of hydrogen-bond acceptors (Lipinski definition) is 4. The minimum absolute atomic E-state index is 0.471. The van der Waals surface area contributed by atoms with E-state index >= 15 is 0 Å². The summed E-state index contributed by atoms with van der Waals surface area (Å²) in [7, 11) is 0. The largest absolute Gasteiger partial charge is 0.365 e. The van der Waals surface area contributed by atoms with Crippen molar-refractivity contribution < 1.29 is 0 Å². The lowest BCUT2D eigenvalue weighted by Gasteiger charge is -2.24. The normalized spacial score (nSPS) is 20.4. The van der Waals surface area contributed by atoms with Crippen LogP contribution in [-0.2, 0) is 0 Å². The van der Waals surface area contributed by atoms with Crippen LogP contribution in [-0.4, -0.2) is 29.1 Å². The van der Waals surface area contributed by atoms with Crippen LogP contribution in [0.15, 0.2) is 30.5 Å². The van der Waals surface area contributed by atoms with Crippen LogP contribution in [0.2, 0.25) is 0 Å². The second-order valence-electron chi connectivity index (χ2n) is 4.43. The Morgan fingerprint density at radius 3 is 2.94 bits per heavy atom. The number of benzene rings is 1. The van der Waals surface area contributed by atoms with Crippen LogP contribution in [0, 0.1) is 0 Å². The van der Waals surface area contributed by atoms with Crippen LogP contribution >= 0.6 is 0 Å².